The summed E-state index contributed by atoms with van der Waals surface area (Å²) in [6.45, 7) is -0.596. The van der Waals surface area contributed by atoms with Crippen LogP contribution in [0.15, 0.2) is 53.0 Å². The number of amides is 1. The summed E-state index contributed by atoms with van der Waals surface area (Å²) in [6, 6.07) is 10.7. The minimum Gasteiger partial charge on any atom is -0.452 e. The molecule has 0 unspecified atom stereocenters. The Morgan fingerprint density at radius 2 is 1.88 bits per heavy atom. The first-order valence-corrected chi connectivity index (χ1v) is 7.59. The van der Waals surface area contributed by atoms with Gasteiger partial charge in [0, 0.05) is 16.6 Å². The lowest BCUT2D eigenvalue weighted by atomic mass is 10.2. The number of esters is 1. The summed E-state index contributed by atoms with van der Waals surface area (Å²) in [5, 5.41) is 2.21. The lowest BCUT2D eigenvalue weighted by Crippen LogP contribution is -2.21. The fourth-order valence-corrected chi connectivity index (χ4v) is 2.26. The molecule has 0 saturated carbocycles. The number of rotatable bonds is 5. The van der Waals surface area contributed by atoms with Crippen molar-refractivity contribution in [2.24, 2.45) is 0 Å². The molecular weight excluding hydrogens is 384 g/mol. The van der Waals surface area contributed by atoms with Gasteiger partial charge in [0.05, 0.1) is 5.69 Å². The van der Waals surface area contributed by atoms with Crippen molar-refractivity contribution in [3.05, 3.63) is 70.2 Å². The summed E-state index contributed by atoms with van der Waals surface area (Å²) >= 11 is 2.94. The van der Waals surface area contributed by atoms with Gasteiger partial charge in [-0.15, -0.1) is 0 Å². The van der Waals surface area contributed by atoms with Gasteiger partial charge in [-0.1, -0.05) is 30.3 Å². The molecule has 2 aromatic rings. The lowest BCUT2D eigenvalue weighted by molar-refractivity contribution is -0.142. The molecule has 0 aliphatic rings. The number of hydrogen-bond donors (Lipinski definition) is 1. The molecule has 2 rings (SSSR count). The maximum atomic E-state index is 13.6. The van der Waals surface area contributed by atoms with Crippen molar-refractivity contribution in [1.29, 1.82) is 0 Å². The van der Waals surface area contributed by atoms with Crippen LogP contribution in [0.25, 0.3) is 6.08 Å². The molecule has 0 fully saturated rings. The minimum absolute atomic E-state index is 0.0450. The normalized spacial score (nSPS) is 10.6. The second-order valence-corrected chi connectivity index (χ2v) is 5.50. The van der Waals surface area contributed by atoms with Gasteiger partial charge in [-0.25, -0.2) is 13.6 Å². The predicted molar refractivity (Wildman–Crippen MR) is 89.1 cm³/mol. The summed E-state index contributed by atoms with van der Waals surface area (Å²) in [5.41, 5.74) is 0.577. The first-order chi connectivity index (χ1) is 11.5. The number of carbonyl (C=O) groups excluding carboxylic acids is 2. The Bertz CT molecular complexity index is 756. The number of hydrogen-bond acceptors (Lipinski definition) is 3. The van der Waals surface area contributed by atoms with Gasteiger partial charge in [-0.05, 0) is 33.6 Å². The van der Waals surface area contributed by atoms with Gasteiger partial charge in [0.2, 0.25) is 0 Å². The zero-order chi connectivity index (χ0) is 17.5. The van der Waals surface area contributed by atoms with Crippen molar-refractivity contribution in [1.82, 2.24) is 0 Å². The van der Waals surface area contributed by atoms with Crippen LogP contribution in [0.1, 0.15) is 5.56 Å². The third kappa shape index (κ3) is 5.27. The molecule has 7 heteroatoms. The van der Waals surface area contributed by atoms with Crippen molar-refractivity contribution < 1.29 is 23.1 Å². The highest BCUT2D eigenvalue weighted by molar-refractivity contribution is 9.10. The molecule has 1 N–H and O–H groups in total. The van der Waals surface area contributed by atoms with E-state index in [-0.39, 0.29) is 10.2 Å². The number of halogens is 3. The highest BCUT2D eigenvalue weighted by Gasteiger charge is 2.13. The molecule has 0 aromatic heterocycles. The van der Waals surface area contributed by atoms with E-state index in [0.29, 0.717) is 6.07 Å². The number of nitrogens with one attached hydrogen (secondary N) is 1. The largest absolute Gasteiger partial charge is 0.452 e. The van der Waals surface area contributed by atoms with E-state index in [0.717, 1.165) is 11.6 Å². The predicted octanol–water partition coefficient (Wildman–Crippen LogP) is 3.92. The molecule has 4 nitrogen and oxygen atoms in total. The van der Waals surface area contributed by atoms with Crippen molar-refractivity contribution in [3.63, 3.8) is 0 Å². The third-order valence-electron chi connectivity index (χ3n) is 2.83. The van der Waals surface area contributed by atoms with Crippen LogP contribution in [-0.4, -0.2) is 18.5 Å². The first kappa shape index (κ1) is 17.8. The van der Waals surface area contributed by atoms with Crippen molar-refractivity contribution in [2.45, 2.75) is 0 Å². The van der Waals surface area contributed by atoms with E-state index in [1.165, 1.54) is 12.2 Å². The third-order valence-corrected chi connectivity index (χ3v) is 3.45. The zero-order valence-electron chi connectivity index (χ0n) is 12.3. The van der Waals surface area contributed by atoms with Gasteiger partial charge in [-0.3, -0.25) is 4.79 Å². The van der Waals surface area contributed by atoms with Gasteiger partial charge in [0.25, 0.3) is 5.91 Å². The zero-order valence-corrected chi connectivity index (χ0v) is 13.8. The molecular formula is C17H12BrF2NO3. The van der Waals surface area contributed by atoms with Gasteiger partial charge < -0.3 is 10.1 Å². The van der Waals surface area contributed by atoms with Crippen LogP contribution in [0.3, 0.4) is 0 Å². The van der Waals surface area contributed by atoms with E-state index < -0.39 is 30.1 Å². The number of carbonyl (C=O) groups is 2. The van der Waals surface area contributed by atoms with E-state index in [2.05, 4.69) is 21.2 Å². The molecule has 2 aromatic carbocycles. The minimum atomic E-state index is -0.939. The van der Waals surface area contributed by atoms with Gasteiger partial charge in [0.1, 0.15) is 5.82 Å². The first-order valence-electron chi connectivity index (χ1n) is 6.80. The van der Waals surface area contributed by atoms with E-state index in [1.54, 1.807) is 12.1 Å². The highest BCUT2D eigenvalue weighted by atomic mass is 79.9. The van der Waals surface area contributed by atoms with Crippen LogP contribution in [-0.2, 0) is 14.3 Å². The Labute approximate surface area is 145 Å². The second-order valence-electron chi connectivity index (χ2n) is 4.64. The van der Waals surface area contributed by atoms with Crippen LogP contribution < -0.4 is 5.32 Å². The second kappa shape index (κ2) is 8.35. The summed E-state index contributed by atoms with van der Waals surface area (Å²) in [4.78, 5) is 23.2. The van der Waals surface area contributed by atoms with Gasteiger partial charge >= 0.3 is 5.97 Å². The molecule has 0 aliphatic carbocycles. The smallest absolute Gasteiger partial charge is 0.331 e. The number of ether oxygens (including phenoxy) is 1. The fourth-order valence-electron chi connectivity index (χ4n) is 1.75. The van der Waals surface area contributed by atoms with Gasteiger partial charge in [-0.2, -0.15) is 0 Å². The summed E-state index contributed by atoms with van der Waals surface area (Å²) in [6.07, 6.45) is 2.72. The maximum Gasteiger partial charge on any atom is 0.331 e. The van der Waals surface area contributed by atoms with Crippen LogP contribution >= 0.6 is 15.9 Å². The number of benzene rings is 2. The molecule has 124 valence electrons. The van der Waals surface area contributed by atoms with Gasteiger partial charge in [0.15, 0.2) is 12.4 Å². The summed E-state index contributed by atoms with van der Waals surface area (Å²) in [7, 11) is 0. The summed E-state index contributed by atoms with van der Waals surface area (Å²) < 4.78 is 31.3. The Balaban J connectivity index is 1.87. The molecule has 0 atom stereocenters. The molecule has 0 radical (unpaired) electrons. The quantitative estimate of drug-likeness (QED) is 0.616. The van der Waals surface area contributed by atoms with Crippen molar-refractivity contribution >= 4 is 39.6 Å². The monoisotopic (exact) mass is 395 g/mol. The molecule has 0 heterocycles. The van der Waals surface area contributed by atoms with Crippen molar-refractivity contribution in [2.75, 3.05) is 11.9 Å². The SMILES string of the molecule is O=C(COC(=O)/C=C/c1ccccc1)Nc1c(F)cc(F)cc1Br. The van der Waals surface area contributed by atoms with Crippen LogP contribution in [0, 0.1) is 11.6 Å². The molecule has 0 spiro atoms. The molecule has 24 heavy (non-hydrogen) atoms. The molecule has 0 saturated heterocycles. The molecule has 0 bridgehead atoms. The average Bonchev–Trinajstić information content (AvgIpc) is 2.55. The number of anilines is 1. The van der Waals surface area contributed by atoms with Crippen molar-refractivity contribution in [3.8, 4) is 0 Å². The van der Waals surface area contributed by atoms with Crippen LogP contribution in [0.4, 0.5) is 14.5 Å². The Hall–Kier alpha value is -2.54. The Kier molecular flexibility index (Phi) is 6.20. The standard InChI is InChI=1S/C17H12BrF2NO3/c18-13-8-12(19)9-14(20)17(13)21-15(22)10-24-16(23)7-6-11-4-2-1-3-5-11/h1-9H,10H2,(H,21,22)/b7-6+. The lowest BCUT2D eigenvalue weighted by Gasteiger charge is -2.08. The Morgan fingerprint density at radius 3 is 2.54 bits per heavy atom. The van der Waals surface area contributed by atoms with Crippen LogP contribution in [0.2, 0.25) is 0 Å². The van der Waals surface area contributed by atoms with E-state index in [4.69, 9.17) is 4.74 Å². The maximum absolute atomic E-state index is 13.6. The van der Waals surface area contributed by atoms with E-state index >= 15 is 0 Å². The van der Waals surface area contributed by atoms with E-state index in [9.17, 15) is 18.4 Å². The highest BCUT2D eigenvalue weighted by Crippen LogP contribution is 2.26. The molecule has 0 aliphatic heterocycles. The average molecular weight is 396 g/mol. The van der Waals surface area contributed by atoms with Crippen LogP contribution in [0.5, 0.6) is 0 Å². The molecule has 1 amide bonds. The van der Waals surface area contributed by atoms with E-state index in [1.807, 2.05) is 18.2 Å². The fraction of sp³-hybridized carbons (Fsp3) is 0.0588. The summed E-state index contributed by atoms with van der Waals surface area (Å²) in [5.74, 6) is -3.18. The Morgan fingerprint density at radius 1 is 1.17 bits per heavy atom. The topological polar surface area (TPSA) is 55.4 Å².